The lowest BCUT2D eigenvalue weighted by Crippen LogP contribution is -2.42. The van der Waals surface area contributed by atoms with Gasteiger partial charge in [-0.25, -0.2) is 0 Å². The SMILES string of the molecule is O=C(NCC(=O)N1CCc2sc(C(=O)NC3CCNC3)cc2C1)c1ccc2[nH]ncc2c1. The van der Waals surface area contributed by atoms with Crippen molar-refractivity contribution in [3.8, 4) is 0 Å². The van der Waals surface area contributed by atoms with Crippen molar-refractivity contribution in [2.24, 2.45) is 0 Å². The Morgan fingerprint density at radius 2 is 2.12 bits per heavy atom. The van der Waals surface area contributed by atoms with Gasteiger partial charge in [0, 0.05) is 41.5 Å². The van der Waals surface area contributed by atoms with Gasteiger partial charge in [-0.3, -0.25) is 19.5 Å². The summed E-state index contributed by atoms with van der Waals surface area (Å²) in [6.07, 6.45) is 3.32. The molecule has 10 heteroatoms. The minimum Gasteiger partial charge on any atom is -0.347 e. The van der Waals surface area contributed by atoms with Gasteiger partial charge in [0.15, 0.2) is 0 Å². The summed E-state index contributed by atoms with van der Waals surface area (Å²) < 4.78 is 0. The fourth-order valence-electron chi connectivity index (χ4n) is 4.15. The van der Waals surface area contributed by atoms with E-state index >= 15 is 0 Å². The van der Waals surface area contributed by atoms with E-state index in [1.54, 1.807) is 29.3 Å². The topological polar surface area (TPSA) is 119 Å². The van der Waals surface area contributed by atoms with Crippen LogP contribution in [0.15, 0.2) is 30.5 Å². The first-order valence-electron chi connectivity index (χ1n) is 10.7. The van der Waals surface area contributed by atoms with Gasteiger partial charge >= 0.3 is 0 Å². The summed E-state index contributed by atoms with van der Waals surface area (Å²) in [5, 5.41) is 16.7. The van der Waals surface area contributed by atoms with Crippen LogP contribution in [0.3, 0.4) is 0 Å². The van der Waals surface area contributed by atoms with Gasteiger partial charge in [-0.1, -0.05) is 0 Å². The van der Waals surface area contributed by atoms with Gasteiger partial charge in [0.2, 0.25) is 5.91 Å². The van der Waals surface area contributed by atoms with Gasteiger partial charge in [-0.05, 0) is 49.2 Å². The zero-order valence-corrected chi connectivity index (χ0v) is 18.3. The van der Waals surface area contributed by atoms with E-state index in [0.717, 1.165) is 47.3 Å². The van der Waals surface area contributed by atoms with E-state index in [2.05, 4.69) is 26.1 Å². The van der Waals surface area contributed by atoms with Crippen molar-refractivity contribution in [2.75, 3.05) is 26.2 Å². The van der Waals surface area contributed by atoms with E-state index in [9.17, 15) is 14.4 Å². The highest BCUT2D eigenvalue weighted by atomic mass is 32.1. The van der Waals surface area contributed by atoms with Crippen molar-refractivity contribution in [2.45, 2.75) is 25.4 Å². The van der Waals surface area contributed by atoms with Gasteiger partial charge in [0.25, 0.3) is 11.8 Å². The molecular formula is C22H24N6O3S. The lowest BCUT2D eigenvalue weighted by Gasteiger charge is -2.27. The first-order valence-corrected chi connectivity index (χ1v) is 11.5. The minimum absolute atomic E-state index is 0.0437. The molecule has 0 radical (unpaired) electrons. The van der Waals surface area contributed by atoms with Crippen LogP contribution in [-0.2, 0) is 17.8 Å². The monoisotopic (exact) mass is 452 g/mol. The summed E-state index contributed by atoms with van der Waals surface area (Å²) in [4.78, 5) is 41.3. The maximum absolute atomic E-state index is 12.7. The number of nitrogens with one attached hydrogen (secondary N) is 4. The highest BCUT2D eigenvalue weighted by molar-refractivity contribution is 7.14. The molecule has 0 aliphatic carbocycles. The molecule has 32 heavy (non-hydrogen) atoms. The van der Waals surface area contributed by atoms with Gasteiger partial charge in [0.05, 0.1) is 23.1 Å². The van der Waals surface area contributed by atoms with Crippen molar-refractivity contribution in [1.82, 2.24) is 31.0 Å². The third-order valence-electron chi connectivity index (χ3n) is 5.94. The molecule has 1 atom stereocenters. The van der Waals surface area contributed by atoms with E-state index in [4.69, 9.17) is 0 Å². The van der Waals surface area contributed by atoms with E-state index in [1.807, 2.05) is 6.07 Å². The lowest BCUT2D eigenvalue weighted by atomic mass is 10.1. The molecule has 1 saturated heterocycles. The number of carbonyl (C=O) groups is 3. The van der Waals surface area contributed by atoms with Crippen molar-refractivity contribution < 1.29 is 14.4 Å². The second-order valence-electron chi connectivity index (χ2n) is 8.14. The van der Waals surface area contributed by atoms with Crippen LogP contribution in [0, 0.1) is 0 Å². The third kappa shape index (κ3) is 4.23. The number of H-pyrrole nitrogens is 1. The summed E-state index contributed by atoms with van der Waals surface area (Å²) in [7, 11) is 0. The Morgan fingerprint density at radius 3 is 2.97 bits per heavy atom. The molecule has 3 aromatic rings. The Bertz CT molecular complexity index is 1180. The number of thiophene rings is 1. The first-order chi connectivity index (χ1) is 15.6. The Kier molecular flexibility index (Phi) is 5.62. The molecule has 4 heterocycles. The molecule has 2 aromatic heterocycles. The Morgan fingerprint density at radius 1 is 1.22 bits per heavy atom. The van der Waals surface area contributed by atoms with Gasteiger partial charge in [0.1, 0.15) is 0 Å². The standard InChI is InChI=1S/C22H24N6O3S/c29-20(11-24-21(30)13-1-2-17-14(7-13)9-25-27-17)28-6-4-18-15(12-28)8-19(32-18)22(31)26-16-3-5-23-10-16/h1-2,7-9,16,23H,3-6,10-12H2,(H,24,30)(H,25,27)(H,26,31). The summed E-state index contributed by atoms with van der Waals surface area (Å²) in [6.45, 7) is 2.71. The minimum atomic E-state index is -0.296. The molecule has 3 amide bonds. The third-order valence-corrected chi connectivity index (χ3v) is 7.18. The molecule has 2 aliphatic heterocycles. The van der Waals surface area contributed by atoms with Gasteiger partial charge < -0.3 is 20.9 Å². The molecule has 9 nitrogen and oxygen atoms in total. The number of aromatic nitrogens is 2. The quantitative estimate of drug-likeness (QED) is 0.461. The number of hydrogen-bond donors (Lipinski definition) is 4. The fraction of sp³-hybridized carbons (Fsp3) is 0.364. The second kappa shape index (κ2) is 8.71. The van der Waals surface area contributed by atoms with Gasteiger partial charge in [-0.15, -0.1) is 11.3 Å². The lowest BCUT2D eigenvalue weighted by molar-refractivity contribution is -0.131. The van der Waals surface area contributed by atoms with Crippen LogP contribution in [0.2, 0.25) is 0 Å². The Hall–Kier alpha value is -3.24. The average molecular weight is 453 g/mol. The number of amides is 3. The number of nitrogens with zero attached hydrogens (tertiary/aromatic N) is 2. The Labute approximate surface area is 188 Å². The molecule has 0 bridgehead atoms. The number of rotatable bonds is 5. The molecule has 1 aromatic carbocycles. The molecule has 0 spiro atoms. The molecule has 166 valence electrons. The number of benzene rings is 1. The van der Waals surface area contributed by atoms with E-state index in [-0.39, 0.29) is 30.3 Å². The first kappa shape index (κ1) is 20.7. The van der Waals surface area contributed by atoms with Crippen LogP contribution in [0.1, 0.15) is 36.9 Å². The number of aromatic amines is 1. The zero-order chi connectivity index (χ0) is 22.1. The predicted octanol–water partition coefficient (Wildman–Crippen LogP) is 1.03. The Balaban J connectivity index is 1.17. The molecule has 0 saturated carbocycles. The van der Waals surface area contributed by atoms with Crippen molar-refractivity contribution in [1.29, 1.82) is 0 Å². The van der Waals surface area contributed by atoms with E-state index < -0.39 is 0 Å². The van der Waals surface area contributed by atoms with Crippen LogP contribution in [0.4, 0.5) is 0 Å². The van der Waals surface area contributed by atoms with Crippen molar-refractivity contribution in [3.63, 3.8) is 0 Å². The van der Waals surface area contributed by atoms with Crippen LogP contribution < -0.4 is 16.0 Å². The number of fused-ring (bicyclic) bond motifs is 2. The van der Waals surface area contributed by atoms with E-state index in [0.29, 0.717) is 23.5 Å². The highest BCUT2D eigenvalue weighted by Crippen LogP contribution is 2.28. The normalized spacial score (nSPS) is 17.9. The maximum Gasteiger partial charge on any atom is 0.261 e. The molecular weight excluding hydrogens is 428 g/mol. The molecule has 1 fully saturated rings. The molecule has 1 unspecified atom stereocenters. The summed E-state index contributed by atoms with van der Waals surface area (Å²) in [5.74, 6) is -0.476. The number of hydrogen-bond acceptors (Lipinski definition) is 6. The summed E-state index contributed by atoms with van der Waals surface area (Å²) >= 11 is 1.51. The average Bonchev–Trinajstić information content (AvgIpc) is 3.56. The zero-order valence-electron chi connectivity index (χ0n) is 17.4. The molecule has 2 aliphatic rings. The number of carbonyl (C=O) groups excluding carboxylic acids is 3. The maximum atomic E-state index is 12.7. The predicted molar refractivity (Wildman–Crippen MR) is 121 cm³/mol. The van der Waals surface area contributed by atoms with Crippen LogP contribution in [0.5, 0.6) is 0 Å². The summed E-state index contributed by atoms with van der Waals surface area (Å²) in [5.41, 5.74) is 2.35. The molecule has 5 rings (SSSR count). The second-order valence-corrected chi connectivity index (χ2v) is 9.28. The highest BCUT2D eigenvalue weighted by Gasteiger charge is 2.26. The van der Waals surface area contributed by atoms with Crippen LogP contribution in [-0.4, -0.2) is 65.0 Å². The van der Waals surface area contributed by atoms with Crippen molar-refractivity contribution >= 4 is 40.0 Å². The smallest absolute Gasteiger partial charge is 0.261 e. The van der Waals surface area contributed by atoms with Crippen molar-refractivity contribution in [3.05, 3.63) is 51.3 Å². The fourth-order valence-corrected chi connectivity index (χ4v) is 5.21. The van der Waals surface area contributed by atoms with Crippen LogP contribution in [0.25, 0.3) is 10.9 Å². The largest absolute Gasteiger partial charge is 0.347 e. The van der Waals surface area contributed by atoms with Crippen LogP contribution >= 0.6 is 11.3 Å². The van der Waals surface area contributed by atoms with E-state index in [1.165, 1.54) is 11.3 Å². The van der Waals surface area contributed by atoms with Gasteiger partial charge in [-0.2, -0.15) is 5.10 Å². The molecule has 4 N–H and O–H groups in total. The summed E-state index contributed by atoms with van der Waals surface area (Å²) in [6, 6.07) is 7.31.